The van der Waals surface area contributed by atoms with Gasteiger partial charge in [0.15, 0.2) is 0 Å². The Labute approximate surface area is 95.6 Å². The summed E-state index contributed by atoms with van der Waals surface area (Å²) in [7, 11) is 0. The Morgan fingerprint density at radius 2 is 2.38 bits per heavy atom. The highest BCUT2D eigenvalue weighted by Crippen LogP contribution is 2.26. The molecule has 5 heteroatoms. The number of hydrogen-bond acceptors (Lipinski definition) is 3. The molecule has 2 atom stereocenters. The van der Waals surface area contributed by atoms with Crippen LogP contribution in [0.15, 0.2) is 4.99 Å². The lowest BCUT2D eigenvalue weighted by molar-refractivity contribution is 0.155. The monoisotopic (exact) mass is 225 g/mol. The Kier molecular flexibility index (Phi) is 3.14. The average molecular weight is 225 g/mol. The molecule has 2 aliphatic rings. The summed E-state index contributed by atoms with van der Waals surface area (Å²) in [5.74, 6) is 1.20. The molecule has 0 aliphatic carbocycles. The zero-order chi connectivity index (χ0) is 11.7. The van der Waals surface area contributed by atoms with Gasteiger partial charge in [0, 0.05) is 19.1 Å². The zero-order valence-electron chi connectivity index (χ0n) is 9.85. The second-order valence-electron chi connectivity index (χ2n) is 4.93. The molecule has 2 amide bonds. The molecule has 90 valence electrons. The van der Waals surface area contributed by atoms with Crippen molar-refractivity contribution >= 4 is 11.9 Å². The van der Waals surface area contributed by atoms with Crippen molar-refractivity contribution in [2.24, 2.45) is 22.6 Å². The van der Waals surface area contributed by atoms with Crippen LogP contribution >= 0.6 is 0 Å². The molecular weight excluding hydrogens is 206 g/mol. The molecule has 0 spiro atoms. The molecule has 1 saturated heterocycles. The maximum absolute atomic E-state index is 11.7. The molecule has 0 radical (unpaired) electrons. The summed E-state index contributed by atoms with van der Waals surface area (Å²) in [5.41, 5.74) is 5.85. The smallest absolute Gasteiger partial charge is 0.345 e. The minimum absolute atomic E-state index is 0.0441. The maximum Gasteiger partial charge on any atom is 0.345 e. The van der Waals surface area contributed by atoms with Gasteiger partial charge in [-0.2, -0.15) is 4.99 Å². The summed E-state index contributed by atoms with van der Waals surface area (Å²) in [6, 6.07) is -0.236. The van der Waals surface area contributed by atoms with Crippen molar-refractivity contribution < 1.29 is 9.53 Å². The van der Waals surface area contributed by atoms with E-state index in [1.54, 1.807) is 4.90 Å². The predicted molar refractivity (Wildman–Crippen MR) is 61.3 cm³/mol. The fourth-order valence-corrected chi connectivity index (χ4v) is 2.40. The van der Waals surface area contributed by atoms with Gasteiger partial charge in [0.2, 0.25) is 0 Å². The summed E-state index contributed by atoms with van der Waals surface area (Å²) < 4.78 is 5.36. The fraction of sp³-hybridized carbons (Fsp3) is 0.818. The molecule has 16 heavy (non-hydrogen) atoms. The summed E-state index contributed by atoms with van der Waals surface area (Å²) in [6.07, 6.45) is 0.961. The fourth-order valence-electron chi connectivity index (χ4n) is 2.40. The van der Waals surface area contributed by atoms with Gasteiger partial charge in [-0.25, -0.2) is 4.79 Å². The molecule has 2 aliphatic heterocycles. The number of rotatable bonds is 3. The van der Waals surface area contributed by atoms with Crippen LogP contribution in [0.1, 0.15) is 20.3 Å². The molecule has 0 aromatic carbocycles. The Bertz CT molecular complexity index is 308. The number of urea groups is 1. The van der Waals surface area contributed by atoms with E-state index in [0.717, 1.165) is 13.0 Å². The number of amidine groups is 1. The number of carbonyl (C=O) groups excluding carboxylic acids is 1. The average Bonchev–Trinajstić information content (AvgIpc) is 2.75. The van der Waals surface area contributed by atoms with E-state index in [2.05, 4.69) is 18.8 Å². The molecule has 2 heterocycles. The van der Waals surface area contributed by atoms with E-state index in [1.165, 1.54) is 0 Å². The molecule has 2 N–H and O–H groups in total. The highest BCUT2D eigenvalue weighted by atomic mass is 16.5. The van der Waals surface area contributed by atoms with Crippen LogP contribution in [0.4, 0.5) is 4.79 Å². The lowest BCUT2D eigenvalue weighted by atomic mass is 9.97. The Morgan fingerprint density at radius 1 is 1.62 bits per heavy atom. The van der Waals surface area contributed by atoms with Crippen LogP contribution in [0.25, 0.3) is 0 Å². The van der Waals surface area contributed by atoms with Crippen LogP contribution in [-0.4, -0.2) is 42.6 Å². The number of nitrogens with zero attached hydrogens (tertiary/aromatic N) is 2. The SMILES string of the molecule is CC(C)CN1C(=O)N=C(N)C1C1CCOC1. The molecule has 0 aromatic rings. The molecule has 5 nitrogen and oxygen atoms in total. The molecule has 0 aromatic heterocycles. The van der Waals surface area contributed by atoms with Gasteiger partial charge in [0.1, 0.15) is 5.84 Å². The van der Waals surface area contributed by atoms with Crippen LogP contribution in [0.2, 0.25) is 0 Å². The van der Waals surface area contributed by atoms with Crippen LogP contribution in [0, 0.1) is 11.8 Å². The molecule has 0 saturated carbocycles. The zero-order valence-corrected chi connectivity index (χ0v) is 9.85. The van der Waals surface area contributed by atoms with E-state index in [1.807, 2.05) is 0 Å². The first-order valence-electron chi connectivity index (χ1n) is 5.82. The summed E-state index contributed by atoms with van der Waals surface area (Å²) in [4.78, 5) is 17.4. The van der Waals surface area contributed by atoms with Crippen molar-refractivity contribution in [2.45, 2.75) is 26.3 Å². The van der Waals surface area contributed by atoms with E-state index in [-0.39, 0.29) is 12.1 Å². The first kappa shape index (κ1) is 11.4. The Balaban J connectivity index is 2.12. The number of ether oxygens (including phenoxy) is 1. The minimum Gasteiger partial charge on any atom is -0.385 e. The van der Waals surface area contributed by atoms with Gasteiger partial charge < -0.3 is 15.4 Å². The number of carbonyl (C=O) groups is 1. The summed E-state index contributed by atoms with van der Waals surface area (Å²) in [5, 5.41) is 0. The van der Waals surface area contributed by atoms with Gasteiger partial charge in [0.05, 0.1) is 12.6 Å². The van der Waals surface area contributed by atoms with Crippen molar-refractivity contribution in [3.63, 3.8) is 0 Å². The van der Waals surface area contributed by atoms with Crippen LogP contribution in [0.3, 0.4) is 0 Å². The molecular formula is C11H19N3O2. The van der Waals surface area contributed by atoms with E-state index >= 15 is 0 Å². The topological polar surface area (TPSA) is 67.9 Å². The number of amides is 2. The highest BCUT2D eigenvalue weighted by Gasteiger charge is 2.40. The second kappa shape index (κ2) is 4.41. The first-order chi connectivity index (χ1) is 7.59. The minimum atomic E-state index is -0.192. The first-order valence-corrected chi connectivity index (χ1v) is 5.82. The van der Waals surface area contributed by atoms with Crippen molar-refractivity contribution in [1.29, 1.82) is 0 Å². The van der Waals surface area contributed by atoms with E-state index in [9.17, 15) is 4.79 Å². The summed E-state index contributed by atoms with van der Waals surface area (Å²) >= 11 is 0. The van der Waals surface area contributed by atoms with Gasteiger partial charge >= 0.3 is 6.03 Å². The lowest BCUT2D eigenvalue weighted by Gasteiger charge is -2.29. The lowest BCUT2D eigenvalue weighted by Crippen LogP contribution is -2.47. The number of aliphatic imine (C=N–C) groups is 1. The molecule has 2 unspecified atom stereocenters. The van der Waals surface area contributed by atoms with E-state index in [4.69, 9.17) is 10.5 Å². The van der Waals surface area contributed by atoms with Crippen molar-refractivity contribution in [3.8, 4) is 0 Å². The van der Waals surface area contributed by atoms with Gasteiger partial charge in [-0.3, -0.25) is 0 Å². The molecule has 1 fully saturated rings. The van der Waals surface area contributed by atoms with Crippen molar-refractivity contribution in [3.05, 3.63) is 0 Å². The quantitative estimate of drug-likeness (QED) is 0.774. The van der Waals surface area contributed by atoms with Crippen molar-refractivity contribution in [2.75, 3.05) is 19.8 Å². The summed E-state index contributed by atoms with van der Waals surface area (Å²) in [6.45, 7) is 6.33. The van der Waals surface area contributed by atoms with Crippen LogP contribution < -0.4 is 5.73 Å². The normalized spacial score (nSPS) is 30.3. The number of nitrogens with two attached hydrogens (primary N) is 1. The van der Waals surface area contributed by atoms with E-state index in [0.29, 0.717) is 30.8 Å². The van der Waals surface area contributed by atoms with E-state index < -0.39 is 0 Å². The van der Waals surface area contributed by atoms with Crippen LogP contribution in [0.5, 0.6) is 0 Å². The number of hydrogen-bond donors (Lipinski definition) is 1. The second-order valence-corrected chi connectivity index (χ2v) is 4.93. The van der Waals surface area contributed by atoms with Crippen molar-refractivity contribution in [1.82, 2.24) is 4.90 Å². The Hall–Kier alpha value is -1.10. The third-order valence-corrected chi connectivity index (χ3v) is 3.08. The van der Waals surface area contributed by atoms with Gasteiger partial charge in [-0.15, -0.1) is 0 Å². The molecule has 0 bridgehead atoms. The van der Waals surface area contributed by atoms with Gasteiger partial charge in [-0.1, -0.05) is 13.8 Å². The maximum atomic E-state index is 11.7. The highest BCUT2D eigenvalue weighted by molar-refractivity contribution is 6.03. The van der Waals surface area contributed by atoms with Gasteiger partial charge in [-0.05, 0) is 12.3 Å². The largest absolute Gasteiger partial charge is 0.385 e. The molecule has 2 rings (SSSR count). The van der Waals surface area contributed by atoms with Gasteiger partial charge in [0.25, 0.3) is 0 Å². The van der Waals surface area contributed by atoms with Crippen LogP contribution in [-0.2, 0) is 4.74 Å². The predicted octanol–water partition coefficient (Wildman–Crippen LogP) is 0.840. The third kappa shape index (κ3) is 2.04. The standard InChI is InChI=1S/C11H19N3O2/c1-7(2)5-14-9(8-3-4-16-6-8)10(12)13-11(14)15/h7-9H,3-6H2,1-2H3,(H2,12,13,15). The third-order valence-electron chi connectivity index (χ3n) is 3.08. The Morgan fingerprint density at radius 3 is 2.94 bits per heavy atom.